The fraction of sp³-hybridized carbons (Fsp3) is 0.304. The van der Waals surface area contributed by atoms with Crippen molar-refractivity contribution < 1.29 is 13.9 Å². The Hall–Kier alpha value is -2.92. The molecule has 1 aliphatic heterocycles. The lowest BCUT2D eigenvalue weighted by molar-refractivity contribution is 0.0708. The van der Waals surface area contributed by atoms with Crippen LogP contribution >= 0.6 is 0 Å². The van der Waals surface area contributed by atoms with Gasteiger partial charge >= 0.3 is 0 Å². The van der Waals surface area contributed by atoms with E-state index < -0.39 is 6.04 Å². The molecule has 0 saturated heterocycles. The van der Waals surface area contributed by atoms with Gasteiger partial charge in [0.15, 0.2) is 5.43 Å². The van der Waals surface area contributed by atoms with Gasteiger partial charge in [0.1, 0.15) is 5.58 Å². The molecule has 1 aromatic heterocycles. The first-order valence-corrected chi connectivity index (χ1v) is 9.45. The molecule has 5 heteroatoms. The number of benzene rings is 2. The molecule has 2 aromatic carbocycles. The molecule has 5 nitrogen and oxygen atoms in total. The second-order valence-electron chi connectivity index (χ2n) is 7.33. The van der Waals surface area contributed by atoms with Gasteiger partial charge in [0.2, 0.25) is 5.76 Å². The highest BCUT2D eigenvalue weighted by atomic mass is 16.5. The van der Waals surface area contributed by atoms with E-state index in [0.717, 1.165) is 16.7 Å². The maximum atomic E-state index is 13.4. The van der Waals surface area contributed by atoms with Gasteiger partial charge in [0.25, 0.3) is 5.91 Å². The minimum absolute atomic E-state index is 0.131. The number of nitrogens with zero attached hydrogens (tertiary/aromatic N) is 1. The number of hydrogen-bond acceptors (Lipinski definition) is 4. The second kappa shape index (κ2) is 7.24. The van der Waals surface area contributed by atoms with Crippen LogP contribution in [0, 0.1) is 13.8 Å². The van der Waals surface area contributed by atoms with Crippen LogP contribution in [0.5, 0.6) is 0 Å². The van der Waals surface area contributed by atoms with Crippen molar-refractivity contribution in [3.8, 4) is 0 Å². The van der Waals surface area contributed by atoms with Gasteiger partial charge in [0.05, 0.1) is 17.0 Å². The molecule has 1 amide bonds. The molecule has 3 aromatic rings. The van der Waals surface area contributed by atoms with Gasteiger partial charge < -0.3 is 14.1 Å². The van der Waals surface area contributed by atoms with Crippen LogP contribution in [0.2, 0.25) is 0 Å². The van der Waals surface area contributed by atoms with Crippen molar-refractivity contribution in [2.45, 2.75) is 26.3 Å². The first kappa shape index (κ1) is 18.4. The molecular weight excluding hydrogens is 354 g/mol. The van der Waals surface area contributed by atoms with Crippen LogP contribution in [0.25, 0.3) is 11.0 Å². The lowest BCUT2D eigenvalue weighted by Crippen LogP contribution is -2.31. The van der Waals surface area contributed by atoms with Crippen molar-refractivity contribution in [2.24, 2.45) is 0 Å². The summed E-state index contributed by atoms with van der Waals surface area (Å²) in [6, 6.07) is 13.0. The Bertz CT molecular complexity index is 1100. The first-order valence-electron chi connectivity index (χ1n) is 9.45. The summed E-state index contributed by atoms with van der Waals surface area (Å²) >= 11 is 0. The van der Waals surface area contributed by atoms with Crippen molar-refractivity contribution in [1.82, 2.24) is 4.90 Å². The molecule has 0 N–H and O–H groups in total. The van der Waals surface area contributed by atoms with E-state index in [4.69, 9.17) is 9.15 Å². The molecule has 0 fully saturated rings. The summed E-state index contributed by atoms with van der Waals surface area (Å²) in [5.74, 6) is -0.0828. The van der Waals surface area contributed by atoms with Crippen LogP contribution in [0.15, 0.2) is 51.7 Å². The summed E-state index contributed by atoms with van der Waals surface area (Å²) in [6.07, 6.45) is 0.686. The molecule has 28 heavy (non-hydrogen) atoms. The van der Waals surface area contributed by atoms with Crippen LogP contribution in [0.3, 0.4) is 0 Å². The predicted molar refractivity (Wildman–Crippen MR) is 108 cm³/mol. The van der Waals surface area contributed by atoms with E-state index in [-0.39, 0.29) is 17.1 Å². The number of ether oxygens (including phenoxy) is 1. The molecule has 0 radical (unpaired) electrons. The maximum Gasteiger partial charge on any atom is 0.290 e. The zero-order valence-electron chi connectivity index (χ0n) is 16.3. The number of amides is 1. The smallest absolute Gasteiger partial charge is 0.290 e. The van der Waals surface area contributed by atoms with Gasteiger partial charge in [-0.05, 0) is 38.0 Å². The molecule has 0 bridgehead atoms. The number of aryl methyl sites for hydroxylation is 2. The summed E-state index contributed by atoms with van der Waals surface area (Å²) in [7, 11) is 1.64. The van der Waals surface area contributed by atoms with Gasteiger partial charge in [-0.25, -0.2) is 0 Å². The maximum absolute atomic E-state index is 13.4. The zero-order chi connectivity index (χ0) is 19.8. The second-order valence-corrected chi connectivity index (χ2v) is 7.33. The van der Waals surface area contributed by atoms with E-state index >= 15 is 0 Å². The molecule has 0 unspecified atom stereocenters. The summed E-state index contributed by atoms with van der Waals surface area (Å²) in [4.78, 5) is 28.3. The molecule has 144 valence electrons. The monoisotopic (exact) mass is 377 g/mol. The van der Waals surface area contributed by atoms with Crippen molar-refractivity contribution in [2.75, 3.05) is 20.3 Å². The average molecular weight is 377 g/mol. The van der Waals surface area contributed by atoms with Crippen molar-refractivity contribution in [1.29, 1.82) is 0 Å². The number of rotatable bonds is 5. The average Bonchev–Trinajstić information content (AvgIpc) is 2.96. The van der Waals surface area contributed by atoms with E-state index in [1.54, 1.807) is 18.1 Å². The third kappa shape index (κ3) is 3.02. The van der Waals surface area contributed by atoms with Crippen molar-refractivity contribution >= 4 is 16.9 Å². The van der Waals surface area contributed by atoms with E-state index in [2.05, 4.69) is 0 Å². The standard InChI is InChI=1S/C23H23NO4/c1-14-5-8-16(9-6-14)20-19-21(25)17-13-15(2)7-10-18(17)28-22(19)23(26)24(20)11-4-12-27-3/h5-10,13,20H,4,11-12H2,1-3H3/t20-/m1/s1. The SMILES string of the molecule is COCCCN1C(=O)c2oc3ccc(C)cc3c(=O)c2[C@H]1c1ccc(C)cc1. The molecule has 1 aliphatic rings. The summed E-state index contributed by atoms with van der Waals surface area (Å²) in [5, 5.41) is 0.516. The Morgan fingerprint density at radius 3 is 2.46 bits per heavy atom. The van der Waals surface area contributed by atoms with Crippen LogP contribution < -0.4 is 5.43 Å². The lowest BCUT2D eigenvalue weighted by atomic mass is 9.97. The third-order valence-corrected chi connectivity index (χ3v) is 5.26. The van der Waals surface area contributed by atoms with Crippen LogP contribution in [-0.2, 0) is 4.74 Å². The number of hydrogen-bond donors (Lipinski definition) is 0. The van der Waals surface area contributed by atoms with Crippen LogP contribution in [0.4, 0.5) is 0 Å². The highest BCUT2D eigenvalue weighted by molar-refractivity contribution is 5.99. The van der Waals surface area contributed by atoms with Crippen LogP contribution in [-0.4, -0.2) is 31.1 Å². The minimum atomic E-state index is -0.443. The Labute approximate surface area is 163 Å². The fourth-order valence-electron chi connectivity index (χ4n) is 3.84. The minimum Gasteiger partial charge on any atom is -0.450 e. The molecule has 0 spiro atoms. The Kier molecular flexibility index (Phi) is 4.77. The largest absolute Gasteiger partial charge is 0.450 e. The van der Waals surface area contributed by atoms with Gasteiger partial charge in [-0.15, -0.1) is 0 Å². The van der Waals surface area contributed by atoms with E-state index in [9.17, 15) is 9.59 Å². The first-order chi connectivity index (χ1) is 13.5. The van der Waals surface area contributed by atoms with Gasteiger partial charge in [-0.3, -0.25) is 9.59 Å². The molecular formula is C23H23NO4. The van der Waals surface area contributed by atoms with E-state index in [1.165, 1.54) is 0 Å². The Morgan fingerprint density at radius 1 is 1.04 bits per heavy atom. The van der Waals surface area contributed by atoms with Gasteiger partial charge in [-0.1, -0.05) is 41.5 Å². The van der Waals surface area contributed by atoms with E-state index in [0.29, 0.717) is 36.1 Å². The van der Waals surface area contributed by atoms with Crippen LogP contribution in [0.1, 0.15) is 45.3 Å². The highest BCUT2D eigenvalue weighted by Crippen LogP contribution is 2.38. The highest BCUT2D eigenvalue weighted by Gasteiger charge is 2.42. The van der Waals surface area contributed by atoms with Crippen molar-refractivity contribution in [3.63, 3.8) is 0 Å². The van der Waals surface area contributed by atoms with Gasteiger partial charge in [-0.2, -0.15) is 0 Å². The fourth-order valence-corrected chi connectivity index (χ4v) is 3.84. The summed E-state index contributed by atoms with van der Waals surface area (Å²) in [6.45, 7) is 4.98. The normalized spacial score (nSPS) is 16.0. The molecule has 0 aliphatic carbocycles. The van der Waals surface area contributed by atoms with Crippen molar-refractivity contribution in [3.05, 3.63) is 80.7 Å². The summed E-state index contributed by atoms with van der Waals surface area (Å²) in [5.41, 5.74) is 3.77. The van der Waals surface area contributed by atoms with E-state index in [1.807, 2.05) is 50.2 Å². The predicted octanol–water partition coefficient (Wildman–Crippen LogP) is 3.99. The third-order valence-electron chi connectivity index (χ3n) is 5.26. The lowest BCUT2D eigenvalue weighted by Gasteiger charge is -2.25. The topological polar surface area (TPSA) is 59.8 Å². The quantitative estimate of drug-likeness (QED) is 0.631. The summed E-state index contributed by atoms with van der Waals surface area (Å²) < 4.78 is 11.1. The molecule has 2 heterocycles. The Balaban J connectivity index is 1.92. The molecule has 0 saturated carbocycles. The number of fused-ring (bicyclic) bond motifs is 2. The molecule has 4 rings (SSSR count). The molecule has 1 atom stereocenters. The number of carbonyl (C=O) groups excluding carboxylic acids is 1. The number of methoxy groups -OCH3 is 1. The zero-order valence-corrected chi connectivity index (χ0v) is 16.3. The van der Waals surface area contributed by atoms with Gasteiger partial charge in [0, 0.05) is 20.3 Å². The Morgan fingerprint density at radius 2 is 1.75 bits per heavy atom. The number of carbonyl (C=O) groups is 1.